The van der Waals surface area contributed by atoms with Crippen molar-refractivity contribution in [2.45, 2.75) is 40.2 Å². The summed E-state index contributed by atoms with van der Waals surface area (Å²) in [6.45, 7) is 8.53. The van der Waals surface area contributed by atoms with Gasteiger partial charge in [0.25, 0.3) is 0 Å². The molecule has 0 saturated carbocycles. The van der Waals surface area contributed by atoms with Gasteiger partial charge in [0.2, 0.25) is 0 Å². The Morgan fingerprint density at radius 1 is 1.62 bits per heavy atom. The van der Waals surface area contributed by atoms with Gasteiger partial charge in [0.1, 0.15) is 0 Å². The fraction of sp³-hybridized carbons (Fsp3) is 0.667. The Morgan fingerprint density at radius 2 is 2.23 bits per heavy atom. The first kappa shape index (κ1) is 10.5. The molecule has 0 saturated heterocycles. The van der Waals surface area contributed by atoms with Gasteiger partial charge < -0.3 is 5.11 Å². The van der Waals surface area contributed by atoms with E-state index in [9.17, 15) is 5.11 Å². The van der Waals surface area contributed by atoms with Gasteiger partial charge in [-0.1, -0.05) is 37.6 Å². The summed E-state index contributed by atoms with van der Waals surface area (Å²) in [7, 11) is 0. The van der Waals surface area contributed by atoms with E-state index in [0.29, 0.717) is 5.92 Å². The highest BCUT2D eigenvalue weighted by Gasteiger charge is 2.38. The molecule has 0 aromatic rings. The lowest BCUT2D eigenvalue weighted by Crippen LogP contribution is -2.30. The molecule has 0 heterocycles. The molecular weight excluding hydrogens is 160 g/mol. The fourth-order valence-corrected chi connectivity index (χ4v) is 2.05. The lowest BCUT2D eigenvalue weighted by molar-refractivity contribution is 0.0978. The second-order valence-corrected chi connectivity index (χ2v) is 4.47. The third kappa shape index (κ3) is 1.86. The van der Waals surface area contributed by atoms with Crippen LogP contribution in [0.5, 0.6) is 0 Å². The van der Waals surface area contributed by atoms with Crippen molar-refractivity contribution in [3.8, 4) is 0 Å². The fourth-order valence-electron chi connectivity index (χ4n) is 2.05. The first-order chi connectivity index (χ1) is 6.00. The van der Waals surface area contributed by atoms with Crippen LogP contribution in [0.2, 0.25) is 0 Å². The van der Waals surface area contributed by atoms with Gasteiger partial charge in [-0.2, -0.15) is 0 Å². The Balaban J connectivity index is 2.76. The normalized spacial score (nSPS) is 29.3. The molecule has 74 valence electrons. The highest BCUT2D eigenvalue weighted by atomic mass is 16.3. The maximum Gasteiger partial charge on any atom is 0.0760 e. The van der Waals surface area contributed by atoms with Gasteiger partial charge in [0.15, 0.2) is 0 Å². The Hall–Kier alpha value is -0.560. The number of aliphatic hydroxyl groups is 1. The van der Waals surface area contributed by atoms with Gasteiger partial charge in [-0.15, -0.1) is 0 Å². The summed E-state index contributed by atoms with van der Waals surface area (Å²) in [5.74, 6) is 0.351. The van der Waals surface area contributed by atoms with Crippen LogP contribution in [0.4, 0.5) is 0 Å². The first-order valence-electron chi connectivity index (χ1n) is 4.98. The molecule has 1 N–H and O–H groups in total. The van der Waals surface area contributed by atoms with Crippen molar-refractivity contribution in [1.29, 1.82) is 0 Å². The third-order valence-electron chi connectivity index (χ3n) is 3.42. The lowest BCUT2D eigenvalue weighted by atomic mass is 9.75. The zero-order valence-electron chi connectivity index (χ0n) is 9.04. The molecule has 0 aliphatic heterocycles. The number of allylic oxidation sites excluding steroid dienone is 3. The van der Waals surface area contributed by atoms with E-state index in [0.717, 1.165) is 6.42 Å². The van der Waals surface area contributed by atoms with Gasteiger partial charge in [-0.05, 0) is 25.7 Å². The molecule has 0 bridgehead atoms. The zero-order valence-corrected chi connectivity index (χ0v) is 9.04. The van der Waals surface area contributed by atoms with Gasteiger partial charge in [-0.25, -0.2) is 0 Å². The van der Waals surface area contributed by atoms with Crippen molar-refractivity contribution in [3.05, 3.63) is 23.8 Å². The SMILES string of the molecule is C/C=C/C(O)C1CC=C(C)C1(C)C. The van der Waals surface area contributed by atoms with E-state index >= 15 is 0 Å². The van der Waals surface area contributed by atoms with E-state index < -0.39 is 0 Å². The molecular formula is C12H20O. The Labute approximate surface area is 81.2 Å². The smallest absolute Gasteiger partial charge is 0.0760 e. The molecule has 1 nitrogen and oxygen atoms in total. The second kappa shape index (κ2) is 3.67. The zero-order chi connectivity index (χ0) is 10.1. The highest BCUT2D eigenvalue weighted by molar-refractivity contribution is 5.20. The number of aliphatic hydroxyl groups excluding tert-OH is 1. The monoisotopic (exact) mass is 180 g/mol. The molecule has 1 rings (SSSR count). The predicted molar refractivity (Wildman–Crippen MR) is 56.5 cm³/mol. The average molecular weight is 180 g/mol. The highest BCUT2D eigenvalue weighted by Crippen LogP contribution is 2.44. The molecule has 1 aliphatic carbocycles. The first-order valence-corrected chi connectivity index (χ1v) is 4.98. The summed E-state index contributed by atoms with van der Waals surface area (Å²) in [5.41, 5.74) is 1.56. The van der Waals surface area contributed by atoms with Gasteiger partial charge >= 0.3 is 0 Å². The molecule has 0 aromatic heterocycles. The molecule has 13 heavy (non-hydrogen) atoms. The van der Waals surface area contributed by atoms with E-state index in [-0.39, 0.29) is 11.5 Å². The summed E-state index contributed by atoms with van der Waals surface area (Å²) in [4.78, 5) is 0. The minimum Gasteiger partial charge on any atom is -0.389 e. The molecule has 1 heteroatoms. The van der Waals surface area contributed by atoms with Crippen molar-refractivity contribution < 1.29 is 5.11 Å². The summed E-state index contributed by atoms with van der Waals surface area (Å²) in [6.07, 6.45) is 6.77. The van der Waals surface area contributed by atoms with Crippen molar-refractivity contribution >= 4 is 0 Å². The van der Waals surface area contributed by atoms with Crippen LogP contribution in [0.3, 0.4) is 0 Å². The van der Waals surface area contributed by atoms with Gasteiger partial charge in [-0.3, -0.25) is 0 Å². The van der Waals surface area contributed by atoms with Crippen LogP contribution in [0.25, 0.3) is 0 Å². The molecule has 2 atom stereocenters. The van der Waals surface area contributed by atoms with E-state index in [2.05, 4.69) is 26.8 Å². The van der Waals surface area contributed by atoms with Crippen molar-refractivity contribution in [3.63, 3.8) is 0 Å². The van der Waals surface area contributed by atoms with Crippen LogP contribution in [-0.4, -0.2) is 11.2 Å². The maximum absolute atomic E-state index is 9.88. The van der Waals surface area contributed by atoms with Gasteiger partial charge in [0, 0.05) is 5.92 Å². The number of hydrogen-bond acceptors (Lipinski definition) is 1. The molecule has 0 amide bonds. The van der Waals surface area contributed by atoms with E-state index in [4.69, 9.17) is 0 Å². The molecule has 0 aromatic carbocycles. The van der Waals surface area contributed by atoms with Crippen LogP contribution in [0.15, 0.2) is 23.8 Å². The Kier molecular flexibility index (Phi) is 2.97. The quantitative estimate of drug-likeness (QED) is 0.648. The van der Waals surface area contributed by atoms with Crippen molar-refractivity contribution in [2.24, 2.45) is 11.3 Å². The van der Waals surface area contributed by atoms with Crippen LogP contribution in [-0.2, 0) is 0 Å². The van der Waals surface area contributed by atoms with Crippen LogP contribution >= 0.6 is 0 Å². The third-order valence-corrected chi connectivity index (χ3v) is 3.42. The topological polar surface area (TPSA) is 20.2 Å². The van der Waals surface area contributed by atoms with Gasteiger partial charge in [0.05, 0.1) is 6.10 Å². The Bertz CT molecular complexity index is 236. The number of rotatable bonds is 2. The van der Waals surface area contributed by atoms with E-state index in [1.807, 2.05) is 19.1 Å². The van der Waals surface area contributed by atoms with Crippen LogP contribution in [0, 0.1) is 11.3 Å². The largest absolute Gasteiger partial charge is 0.389 e. The van der Waals surface area contributed by atoms with Crippen LogP contribution < -0.4 is 0 Å². The molecule has 0 fully saturated rings. The minimum atomic E-state index is -0.298. The summed E-state index contributed by atoms with van der Waals surface area (Å²) >= 11 is 0. The lowest BCUT2D eigenvalue weighted by Gasteiger charge is -2.32. The van der Waals surface area contributed by atoms with Crippen molar-refractivity contribution in [2.75, 3.05) is 0 Å². The summed E-state index contributed by atoms with van der Waals surface area (Å²) in [6, 6.07) is 0. The minimum absolute atomic E-state index is 0.152. The Morgan fingerprint density at radius 3 is 2.62 bits per heavy atom. The molecule has 1 aliphatic rings. The maximum atomic E-state index is 9.88. The van der Waals surface area contributed by atoms with Crippen molar-refractivity contribution in [1.82, 2.24) is 0 Å². The molecule has 2 unspecified atom stereocenters. The predicted octanol–water partition coefficient (Wildman–Crippen LogP) is 2.92. The average Bonchev–Trinajstić information content (AvgIpc) is 2.28. The van der Waals surface area contributed by atoms with Crippen LogP contribution in [0.1, 0.15) is 34.1 Å². The summed E-state index contributed by atoms with van der Waals surface area (Å²) < 4.78 is 0. The summed E-state index contributed by atoms with van der Waals surface area (Å²) in [5, 5.41) is 9.88. The number of hydrogen-bond donors (Lipinski definition) is 1. The molecule has 0 radical (unpaired) electrons. The standard InChI is InChI=1S/C12H20O/c1-5-6-11(13)10-8-7-9(2)12(10,3)4/h5-7,10-11,13H,8H2,1-4H3/b6-5+. The van der Waals surface area contributed by atoms with E-state index in [1.54, 1.807) is 0 Å². The second-order valence-electron chi connectivity index (χ2n) is 4.47. The molecule has 0 spiro atoms. The van der Waals surface area contributed by atoms with E-state index in [1.165, 1.54) is 5.57 Å².